The normalized spacial score (nSPS) is 10.4. The van der Waals surface area contributed by atoms with Crippen LogP contribution < -0.4 is 11.1 Å². The van der Waals surface area contributed by atoms with Crippen molar-refractivity contribution in [3.8, 4) is 0 Å². The smallest absolute Gasteiger partial charge is 0.208 e. The van der Waals surface area contributed by atoms with Gasteiger partial charge < -0.3 is 11.1 Å². The van der Waals surface area contributed by atoms with Gasteiger partial charge in [0, 0.05) is 23.6 Å². The number of carbonyl (C=O) groups is 1. The average Bonchev–Trinajstić information content (AvgIpc) is 2.90. The van der Waals surface area contributed by atoms with E-state index < -0.39 is 0 Å². The number of pyridine rings is 1. The Balaban J connectivity index is 1.85. The third kappa shape index (κ3) is 2.96. The highest BCUT2D eigenvalue weighted by atomic mass is 32.1. The van der Waals surface area contributed by atoms with Crippen molar-refractivity contribution in [2.24, 2.45) is 0 Å². The van der Waals surface area contributed by atoms with Gasteiger partial charge in [-0.3, -0.25) is 9.78 Å². The summed E-state index contributed by atoms with van der Waals surface area (Å²) in [7, 11) is 0. The van der Waals surface area contributed by atoms with Gasteiger partial charge in [-0.05, 0) is 31.2 Å². The van der Waals surface area contributed by atoms with Crippen molar-refractivity contribution >= 4 is 33.8 Å². The van der Waals surface area contributed by atoms with Gasteiger partial charge in [0.1, 0.15) is 10.7 Å². The Morgan fingerprint density at radius 3 is 2.68 bits per heavy atom. The highest BCUT2D eigenvalue weighted by Crippen LogP contribution is 2.29. The van der Waals surface area contributed by atoms with E-state index in [-0.39, 0.29) is 11.6 Å². The molecule has 3 rings (SSSR count). The molecular formula is C16H14N4OS. The van der Waals surface area contributed by atoms with Crippen LogP contribution in [0.15, 0.2) is 48.8 Å². The highest BCUT2D eigenvalue weighted by Gasteiger charge is 2.18. The zero-order chi connectivity index (χ0) is 15.5. The molecule has 110 valence electrons. The van der Waals surface area contributed by atoms with Crippen molar-refractivity contribution in [1.82, 2.24) is 9.97 Å². The molecule has 2 aromatic heterocycles. The molecule has 3 N–H and O–H groups in total. The van der Waals surface area contributed by atoms with Gasteiger partial charge in [0.05, 0.1) is 0 Å². The van der Waals surface area contributed by atoms with E-state index in [0.717, 1.165) is 5.69 Å². The molecule has 0 aliphatic carbocycles. The second-order valence-corrected chi connectivity index (χ2v) is 5.79. The summed E-state index contributed by atoms with van der Waals surface area (Å²) >= 11 is 1.24. The van der Waals surface area contributed by atoms with Gasteiger partial charge in [-0.25, -0.2) is 4.98 Å². The van der Waals surface area contributed by atoms with Gasteiger partial charge in [-0.1, -0.05) is 29.0 Å². The standard InChI is InChI=1S/C16H14N4OS/c1-10-4-6-12(7-5-10)19-16-20-15(17)14(22-16)13(21)11-3-2-8-18-9-11/h2-9H,17H2,1H3,(H,19,20). The van der Waals surface area contributed by atoms with Gasteiger partial charge in [0.25, 0.3) is 0 Å². The van der Waals surface area contributed by atoms with Gasteiger partial charge >= 0.3 is 0 Å². The third-order valence-electron chi connectivity index (χ3n) is 3.09. The topological polar surface area (TPSA) is 80.9 Å². The van der Waals surface area contributed by atoms with Crippen LogP contribution >= 0.6 is 11.3 Å². The number of aryl methyl sites for hydroxylation is 1. The van der Waals surface area contributed by atoms with Crippen molar-refractivity contribution < 1.29 is 4.79 Å². The van der Waals surface area contributed by atoms with Crippen LogP contribution in [-0.2, 0) is 0 Å². The second kappa shape index (κ2) is 5.95. The van der Waals surface area contributed by atoms with Crippen LogP contribution in [0.1, 0.15) is 20.8 Å². The largest absolute Gasteiger partial charge is 0.382 e. The Bertz CT molecular complexity index is 797. The predicted octanol–water partition coefficient (Wildman–Crippen LogP) is 3.40. The number of benzene rings is 1. The van der Waals surface area contributed by atoms with Crippen LogP contribution in [0, 0.1) is 6.92 Å². The SMILES string of the molecule is Cc1ccc(Nc2nc(N)c(C(=O)c3cccnc3)s2)cc1. The number of hydrogen-bond acceptors (Lipinski definition) is 6. The molecule has 6 heteroatoms. The zero-order valence-electron chi connectivity index (χ0n) is 11.9. The lowest BCUT2D eigenvalue weighted by Gasteiger charge is -2.01. The van der Waals surface area contributed by atoms with E-state index in [4.69, 9.17) is 5.73 Å². The maximum absolute atomic E-state index is 12.4. The van der Waals surface area contributed by atoms with Crippen LogP contribution in [0.4, 0.5) is 16.6 Å². The number of nitrogen functional groups attached to an aromatic ring is 1. The molecule has 0 bridgehead atoms. The number of hydrogen-bond donors (Lipinski definition) is 2. The molecule has 0 unspecified atom stereocenters. The molecule has 0 fully saturated rings. The Morgan fingerprint density at radius 2 is 2.00 bits per heavy atom. The van der Waals surface area contributed by atoms with Crippen LogP contribution in [0.5, 0.6) is 0 Å². The highest BCUT2D eigenvalue weighted by molar-refractivity contribution is 7.18. The van der Waals surface area contributed by atoms with Gasteiger partial charge in [-0.15, -0.1) is 0 Å². The number of ketones is 1. The molecule has 0 aliphatic heterocycles. The van der Waals surface area contributed by atoms with Gasteiger partial charge in [-0.2, -0.15) is 0 Å². The van der Waals surface area contributed by atoms with Crippen molar-refractivity contribution in [2.45, 2.75) is 6.92 Å². The number of nitrogens with zero attached hydrogens (tertiary/aromatic N) is 2. The Labute approximate surface area is 131 Å². The lowest BCUT2D eigenvalue weighted by atomic mass is 10.2. The number of carbonyl (C=O) groups excluding carboxylic acids is 1. The number of rotatable bonds is 4. The number of nitrogens with two attached hydrogens (primary N) is 1. The van der Waals surface area contributed by atoms with E-state index in [1.807, 2.05) is 31.2 Å². The summed E-state index contributed by atoms with van der Waals surface area (Å²) in [4.78, 5) is 21.0. The van der Waals surface area contributed by atoms with Crippen molar-refractivity contribution in [2.75, 3.05) is 11.1 Å². The molecule has 0 saturated heterocycles. The van der Waals surface area contributed by atoms with E-state index in [9.17, 15) is 4.79 Å². The molecule has 1 aromatic carbocycles. The van der Waals surface area contributed by atoms with E-state index in [0.29, 0.717) is 15.6 Å². The lowest BCUT2D eigenvalue weighted by Crippen LogP contribution is -2.02. The molecule has 0 saturated carbocycles. The molecule has 0 radical (unpaired) electrons. The number of nitrogens with one attached hydrogen (secondary N) is 1. The second-order valence-electron chi connectivity index (χ2n) is 4.80. The molecule has 3 aromatic rings. The summed E-state index contributed by atoms with van der Waals surface area (Å²) in [6, 6.07) is 11.3. The molecule has 5 nitrogen and oxygen atoms in total. The summed E-state index contributed by atoms with van der Waals surface area (Å²) in [6.45, 7) is 2.02. The van der Waals surface area contributed by atoms with Crippen LogP contribution in [-0.4, -0.2) is 15.8 Å². The van der Waals surface area contributed by atoms with Crippen molar-refractivity contribution in [3.05, 3.63) is 64.8 Å². The molecule has 0 atom stereocenters. The van der Waals surface area contributed by atoms with Crippen LogP contribution in [0.2, 0.25) is 0 Å². The molecular weight excluding hydrogens is 296 g/mol. The number of thiazole rings is 1. The van der Waals surface area contributed by atoms with E-state index >= 15 is 0 Å². The molecule has 0 amide bonds. The zero-order valence-corrected chi connectivity index (χ0v) is 12.7. The predicted molar refractivity (Wildman–Crippen MR) is 88.7 cm³/mol. The molecule has 2 heterocycles. The first-order chi connectivity index (χ1) is 10.6. The van der Waals surface area contributed by atoms with Crippen molar-refractivity contribution in [3.63, 3.8) is 0 Å². The van der Waals surface area contributed by atoms with E-state index in [1.54, 1.807) is 18.3 Å². The summed E-state index contributed by atoms with van der Waals surface area (Å²) in [6.07, 6.45) is 3.14. The monoisotopic (exact) mass is 310 g/mol. The number of anilines is 3. The lowest BCUT2D eigenvalue weighted by molar-refractivity contribution is 0.104. The quantitative estimate of drug-likeness (QED) is 0.722. The summed E-state index contributed by atoms with van der Waals surface area (Å²) in [5.41, 5.74) is 8.46. The average molecular weight is 310 g/mol. The molecule has 22 heavy (non-hydrogen) atoms. The fourth-order valence-corrected chi connectivity index (χ4v) is 2.80. The minimum Gasteiger partial charge on any atom is -0.382 e. The third-order valence-corrected chi connectivity index (χ3v) is 4.07. The van der Waals surface area contributed by atoms with Crippen LogP contribution in [0.3, 0.4) is 0 Å². The first kappa shape index (κ1) is 14.2. The van der Waals surface area contributed by atoms with Gasteiger partial charge in [0.2, 0.25) is 5.78 Å². The van der Waals surface area contributed by atoms with Crippen molar-refractivity contribution in [1.29, 1.82) is 0 Å². The fraction of sp³-hybridized carbons (Fsp3) is 0.0625. The fourth-order valence-electron chi connectivity index (χ4n) is 1.94. The number of aromatic nitrogens is 2. The molecule has 0 spiro atoms. The van der Waals surface area contributed by atoms with E-state index in [1.165, 1.54) is 23.1 Å². The molecule has 0 aliphatic rings. The van der Waals surface area contributed by atoms with Crippen LogP contribution in [0.25, 0.3) is 0 Å². The first-order valence-electron chi connectivity index (χ1n) is 6.68. The minimum atomic E-state index is -0.167. The van der Waals surface area contributed by atoms with E-state index in [2.05, 4.69) is 15.3 Å². The Hall–Kier alpha value is -2.73. The maximum atomic E-state index is 12.4. The first-order valence-corrected chi connectivity index (χ1v) is 7.50. The Kier molecular flexibility index (Phi) is 3.84. The summed E-state index contributed by atoms with van der Waals surface area (Å²) < 4.78 is 0. The minimum absolute atomic E-state index is 0.167. The summed E-state index contributed by atoms with van der Waals surface area (Å²) in [5, 5.41) is 3.75. The Morgan fingerprint density at radius 1 is 1.23 bits per heavy atom. The maximum Gasteiger partial charge on any atom is 0.208 e. The summed E-state index contributed by atoms with van der Waals surface area (Å²) in [5.74, 6) is 0.0634. The van der Waals surface area contributed by atoms with Gasteiger partial charge in [0.15, 0.2) is 5.13 Å².